The zero-order chi connectivity index (χ0) is 16.8. The predicted octanol–water partition coefficient (Wildman–Crippen LogP) is 4.05. The summed E-state index contributed by atoms with van der Waals surface area (Å²) in [5, 5.41) is 0. The van der Waals surface area contributed by atoms with Gasteiger partial charge in [-0.25, -0.2) is 4.98 Å². The number of hydrogen-bond acceptors (Lipinski definition) is 3. The van der Waals surface area contributed by atoms with Gasteiger partial charge in [0.2, 0.25) is 0 Å². The number of para-hydroxylation sites is 1. The van der Waals surface area contributed by atoms with Gasteiger partial charge in [0.25, 0.3) is 5.56 Å². The molecule has 4 nitrogen and oxygen atoms in total. The number of hydrogen-bond donors (Lipinski definition) is 1. The van der Waals surface area contributed by atoms with E-state index < -0.39 is 0 Å². The highest BCUT2D eigenvalue weighted by Crippen LogP contribution is 2.21. The molecule has 0 saturated carbocycles. The molecule has 2 aromatic carbocycles. The summed E-state index contributed by atoms with van der Waals surface area (Å²) in [6.07, 6.45) is 4.26. The molecule has 0 aliphatic carbocycles. The molecule has 0 fully saturated rings. The van der Waals surface area contributed by atoms with Crippen molar-refractivity contribution in [2.24, 2.45) is 0 Å². The van der Waals surface area contributed by atoms with Gasteiger partial charge >= 0.3 is 0 Å². The van der Waals surface area contributed by atoms with Gasteiger partial charge in [-0.1, -0.05) is 30.3 Å². The van der Waals surface area contributed by atoms with Gasteiger partial charge < -0.3 is 9.72 Å². The zero-order valence-corrected chi connectivity index (χ0v) is 13.7. The SMILES string of the molecule is Cc1cnc(CCCc2ccc(Oc3ccccc3)cc2)[nH]c1=O. The number of nitrogens with one attached hydrogen (secondary N) is 1. The van der Waals surface area contributed by atoms with Crippen molar-refractivity contribution in [3.8, 4) is 11.5 Å². The summed E-state index contributed by atoms with van der Waals surface area (Å²) in [6.45, 7) is 1.76. The first-order valence-corrected chi connectivity index (χ1v) is 8.07. The molecule has 0 atom stereocenters. The van der Waals surface area contributed by atoms with Crippen molar-refractivity contribution < 1.29 is 4.74 Å². The van der Waals surface area contributed by atoms with E-state index in [0.717, 1.165) is 36.6 Å². The highest BCUT2D eigenvalue weighted by Gasteiger charge is 2.01. The van der Waals surface area contributed by atoms with Gasteiger partial charge in [0.1, 0.15) is 17.3 Å². The van der Waals surface area contributed by atoms with E-state index in [-0.39, 0.29) is 5.56 Å². The topological polar surface area (TPSA) is 55.0 Å². The van der Waals surface area contributed by atoms with Crippen LogP contribution >= 0.6 is 0 Å². The normalized spacial score (nSPS) is 10.5. The molecular formula is C20H20N2O2. The monoisotopic (exact) mass is 320 g/mol. The van der Waals surface area contributed by atoms with Crippen molar-refractivity contribution in [1.82, 2.24) is 9.97 Å². The molecule has 0 bridgehead atoms. The Hall–Kier alpha value is -2.88. The average molecular weight is 320 g/mol. The molecule has 0 aliphatic rings. The van der Waals surface area contributed by atoms with E-state index in [1.54, 1.807) is 13.1 Å². The van der Waals surface area contributed by atoms with Crippen LogP contribution in [0.15, 0.2) is 65.6 Å². The summed E-state index contributed by atoms with van der Waals surface area (Å²) < 4.78 is 5.78. The number of aryl methyl sites for hydroxylation is 3. The lowest BCUT2D eigenvalue weighted by molar-refractivity contribution is 0.482. The van der Waals surface area contributed by atoms with Gasteiger partial charge in [0, 0.05) is 18.2 Å². The number of aromatic amines is 1. The number of aromatic nitrogens is 2. The van der Waals surface area contributed by atoms with Crippen molar-refractivity contribution in [3.63, 3.8) is 0 Å². The van der Waals surface area contributed by atoms with Crippen LogP contribution in [0.5, 0.6) is 11.5 Å². The molecule has 0 spiro atoms. The fourth-order valence-corrected chi connectivity index (χ4v) is 2.43. The fourth-order valence-electron chi connectivity index (χ4n) is 2.43. The number of ether oxygens (including phenoxy) is 1. The number of benzene rings is 2. The van der Waals surface area contributed by atoms with Crippen LogP contribution in [-0.4, -0.2) is 9.97 Å². The van der Waals surface area contributed by atoms with E-state index in [2.05, 4.69) is 22.1 Å². The molecule has 1 N–H and O–H groups in total. The minimum atomic E-state index is -0.0533. The molecule has 0 saturated heterocycles. The van der Waals surface area contributed by atoms with Gasteiger partial charge in [-0.15, -0.1) is 0 Å². The molecule has 0 radical (unpaired) electrons. The number of nitrogens with zero attached hydrogens (tertiary/aromatic N) is 1. The van der Waals surface area contributed by atoms with E-state index in [4.69, 9.17) is 4.74 Å². The maximum Gasteiger partial charge on any atom is 0.253 e. The number of H-pyrrole nitrogens is 1. The Kier molecular flexibility index (Phi) is 5.06. The van der Waals surface area contributed by atoms with Crippen LogP contribution < -0.4 is 10.3 Å². The summed E-state index contributed by atoms with van der Waals surface area (Å²) >= 11 is 0. The third kappa shape index (κ3) is 4.32. The first-order valence-electron chi connectivity index (χ1n) is 8.07. The minimum Gasteiger partial charge on any atom is -0.457 e. The Morgan fingerprint density at radius 1 is 0.958 bits per heavy atom. The predicted molar refractivity (Wildman–Crippen MR) is 94.6 cm³/mol. The third-order valence-corrected chi connectivity index (χ3v) is 3.81. The lowest BCUT2D eigenvalue weighted by Crippen LogP contribution is -2.13. The smallest absolute Gasteiger partial charge is 0.253 e. The highest BCUT2D eigenvalue weighted by molar-refractivity contribution is 5.33. The molecular weight excluding hydrogens is 300 g/mol. The summed E-state index contributed by atoms with van der Waals surface area (Å²) in [4.78, 5) is 18.6. The van der Waals surface area contributed by atoms with Crippen LogP contribution in [-0.2, 0) is 12.8 Å². The first kappa shape index (κ1) is 16.0. The molecule has 122 valence electrons. The molecule has 3 rings (SSSR count). The van der Waals surface area contributed by atoms with Crippen LogP contribution in [0.25, 0.3) is 0 Å². The first-order chi connectivity index (χ1) is 11.7. The molecule has 1 aromatic heterocycles. The van der Waals surface area contributed by atoms with Crippen molar-refractivity contribution in [3.05, 3.63) is 88.1 Å². The summed E-state index contributed by atoms with van der Waals surface area (Å²) in [5.74, 6) is 2.41. The van der Waals surface area contributed by atoms with Crippen LogP contribution in [0.1, 0.15) is 23.4 Å². The lowest BCUT2D eigenvalue weighted by Gasteiger charge is -2.07. The van der Waals surface area contributed by atoms with Crippen molar-refractivity contribution in [2.75, 3.05) is 0 Å². The Labute approximate surface area is 141 Å². The second-order valence-electron chi connectivity index (χ2n) is 5.75. The maximum absolute atomic E-state index is 11.6. The molecule has 3 aromatic rings. The van der Waals surface area contributed by atoms with Crippen LogP contribution in [0, 0.1) is 6.92 Å². The van der Waals surface area contributed by atoms with Crippen molar-refractivity contribution >= 4 is 0 Å². The number of rotatable bonds is 6. The van der Waals surface area contributed by atoms with E-state index >= 15 is 0 Å². The Morgan fingerprint density at radius 2 is 1.67 bits per heavy atom. The quantitative estimate of drug-likeness (QED) is 0.745. The Balaban J connectivity index is 1.52. The van der Waals surface area contributed by atoms with Crippen molar-refractivity contribution in [2.45, 2.75) is 26.2 Å². The van der Waals surface area contributed by atoms with E-state index in [0.29, 0.717) is 5.56 Å². The Bertz CT molecular complexity index is 840. The van der Waals surface area contributed by atoms with Gasteiger partial charge in [-0.05, 0) is 49.6 Å². The third-order valence-electron chi connectivity index (χ3n) is 3.81. The molecule has 4 heteroatoms. The molecule has 0 unspecified atom stereocenters. The van der Waals surface area contributed by atoms with E-state index in [9.17, 15) is 4.79 Å². The summed E-state index contributed by atoms with van der Waals surface area (Å²) in [5.41, 5.74) is 1.83. The molecule has 1 heterocycles. The van der Waals surface area contributed by atoms with Crippen LogP contribution in [0.4, 0.5) is 0 Å². The van der Waals surface area contributed by atoms with Gasteiger partial charge in [-0.2, -0.15) is 0 Å². The molecule has 24 heavy (non-hydrogen) atoms. The molecule has 0 aliphatic heterocycles. The van der Waals surface area contributed by atoms with Gasteiger partial charge in [0.05, 0.1) is 0 Å². The zero-order valence-electron chi connectivity index (χ0n) is 13.7. The van der Waals surface area contributed by atoms with Gasteiger partial charge in [0.15, 0.2) is 0 Å². The van der Waals surface area contributed by atoms with Crippen LogP contribution in [0.3, 0.4) is 0 Å². The second kappa shape index (κ2) is 7.59. The minimum absolute atomic E-state index is 0.0533. The van der Waals surface area contributed by atoms with Gasteiger partial charge in [-0.3, -0.25) is 4.79 Å². The fraction of sp³-hybridized carbons (Fsp3) is 0.200. The average Bonchev–Trinajstić information content (AvgIpc) is 2.60. The summed E-state index contributed by atoms with van der Waals surface area (Å²) in [7, 11) is 0. The lowest BCUT2D eigenvalue weighted by atomic mass is 10.1. The molecule has 0 amide bonds. The maximum atomic E-state index is 11.6. The Morgan fingerprint density at radius 3 is 2.38 bits per heavy atom. The van der Waals surface area contributed by atoms with Crippen LogP contribution in [0.2, 0.25) is 0 Å². The second-order valence-corrected chi connectivity index (χ2v) is 5.75. The summed E-state index contributed by atoms with van der Waals surface area (Å²) in [6, 6.07) is 17.8. The highest BCUT2D eigenvalue weighted by atomic mass is 16.5. The van der Waals surface area contributed by atoms with E-state index in [1.165, 1.54) is 5.56 Å². The van der Waals surface area contributed by atoms with E-state index in [1.807, 2.05) is 42.5 Å². The largest absolute Gasteiger partial charge is 0.457 e. The van der Waals surface area contributed by atoms with Crippen molar-refractivity contribution in [1.29, 1.82) is 0 Å². The standard InChI is InChI=1S/C20H20N2O2/c1-15-14-21-19(22-20(15)23)9-5-6-16-10-12-18(13-11-16)24-17-7-3-2-4-8-17/h2-4,7-8,10-14H,5-6,9H2,1H3,(H,21,22,23).